The van der Waals surface area contributed by atoms with E-state index in [0.717, 1.165) is 12.8 Å². The quantitative estimate of drug-likeness (QED) is 0.655. The Hall–Kier alpha value is -0.370. The molecule has 1 aliphatic rings. The van der Waals surface area contributed by atoms with Gasteiger partial charge in [0, 0.05) is 18.4 Å². The number of rotatable bonds is 2. The lowest BCUT2D eigenvalue weighted by Crippen LogP contribution is -2.30. The number of carbonyl (C=O) groups excluding carboxylic acids is 1. The van der Waals surface area contributed by atoms with E-state index >= 15 is 0 Å². The summed E-state index contributed by atoms with van der Waals surface area (Å²) >= 11 is 0. The summed E-state index contributed by atoms with van der Waals surface area (Å²) in [7, 11) is 0. The van der Waals surface area contributed by atoms with E-state index in [4.69, 9.17) is 5.11 Å². The van der Waals surface area contributed by atoms with Gasteiger partial charge >= 0.3 is 0 Å². The van der Waals surface area contributed by atoms with E-state index in [1.807, 2.05) is 13.8 Å². The summed E-state index contributed by atoms with van der Waals surface area (Å²) in [5, 5.41) is 9.00. The van der Waals surface area contributed by atoms with Gasteiger partial charge in [-0.15, -0.1) is 0 Å². The summed E-state index contributed by atoms with van der Waals surface area (Å²) in [4.78, 5) is 11.4. The fraction of sp³-hybridized carbons (Fsp3) is 0.889. The average Bonchev–Trinajstić information content (AvgIpc) is 2.30. The summed E-state index contributed by atoms with van der Waals surface area (Å²) in [6, 6.07) is 0. The first-order valence-electron chi connectivity index (χ1n) is 4.29. The number of hydrogen-bond donors (Lipinski definition) is 1. The lowest BCUT2D eigenvalue weighted by molar-refractivity contribution is -0.127. The number of aliphatic hydroxyl groups is 1. The molecule has 0 spiro atoms. The molecule has 0 bridgehead atoms. The maximum atomic E-state index is 11.4. The van der Waals surface area contributed by atoms with Crippen molar-refractivity contribution in [3.8, 4) is 0 Å². The van der Waals surface area contributed by atoms with Gasteiger partial charge in [-0.05, 0) is 18.8 Å². The smallest absolute Gasteiger partial charge is 0.139 e. The second kappa shape index (κ2) is 2.94. The highest BCUT2D eigenvalue weighted by Crippen LogP contribution is 2.42. The fourth-order valence-corrected chi connectivity index (χ4v) is 1.92. The van der Waals surface area contributed by atoms with Crippen molar-refractivity contribution in [3.63, 3.8) is 0 Å². The molecule has 64 valence electrons. The van der Waals surface area contributed by atoms with Crippen LogP contribution in [-0.2, 0) is 4.79 Å². The number of carbonyl (C=O) groups is 1. The largest absolute Gasteiger partial charge is 0.396 e. The van der Waals surface area contributed by atoms with E-state index in [1.54, 1.807) is 0 Å². The molecule has 11 heavy (non-hydrogen) atoms. The summed E-state index contributed by atoms with van der Waals surface area (Å²) < 4.78 is 0. The first-order valence-corrected chi connectivity index (χ1v) is 4.29. The zero-order valence-electron chi connectivity index (χ0n) is 7.26. The number of ketones is 1. The molecule has 0 unspecified atom stereocenters. The van der Waals surface area contributed by atoms with Gasteiger partial charge in [0.1, 0.15) is 5.78 Å². The van der Waals surface area contributed by atoms with Crippen molar-refractivity contribution in [2.75, 3.05) is 6.61 Å². The normalized spacial score (nSPS) is 38.1. The van der Waals surface area contributed by atoms with E-state index in [9.17, 15) is 4.79 Å². The zero-order valence-corrected chi connectivity index (χ0v) is 7.26. The predicted molar refractivity (Wildman–Crippen MR) is 43.2 cm³/mol. The number of Topliss-reactive ketones (excluding diaryl/α,β-unsaturated/α-hetero) is 1. The van der Waals surface area contributed by atoms with Gasteiger partial charge in [-0.1, -0.05) is 13.8 Å². The third kappa shape index (κ3) is 1.20. The van der Waals surface area contributed by atoms with Gasteiger partial charge in [0.15, 0.2) is 0 Å². The van der Waals surface area contributed by atoms with Gasteiger partial charge in [-0.25, -0.2) is 0 Å². The highest BCUT2D eigenvalue weighted by molar-refractivity contribution is 5.86. The van der Waals surface area contributed by atoms with Gasteiger partial charge in [0.05, 0.1) is 0 Å². The summed E-state index contributed by atoms with van der Waals surface area (Å²) in [6.45, 7) is 4.16. The first kappa shape index (κ1) is 8.72. The molecule has 0 amide bonds. The minimum absolute atomic E-state index is 0.163. The van der Waals surface area contributed by atoms with Crippen LogP contribution >= 0.6 is 0 Å². The highest BCUT2D eigenvalue weighted by atomic mass is 16.3. The Bertz CT molecular complexity index is 165. The molecule has 1 rings (SSSR count). The van der Waals surface area contributed by atoms with E-state index in [-0.39, 0.29) is 17.9 Å². The Labute approximate surface area is 67.6 Å². The fourth-order valence-electron chi connectivity index (χ4n) is 1.92. The van der Waals surface area contributed by atoms with Crippen LogP contribution in [0.4, 0.5) is 0 Å². The topological polar surface area (TPSA) is 37.3 Å². The molecule has 0 aromatic rings. The molecule has 1 fully saturated rings. The molecule has 1 aliphatic carbocycles. The van der Waals surface area contributed by atoms with Crippen LogP contribution in [0.3, 0.4) is 0 Å². The van der Waals surface area contributed by atoms with Crippen molar-refractivity contribution in [2.24, 2.45) is 11.3 Å². The van der Waals surface area contributed by atoms with Crippen molar-refractivity contribution >= 4 is 5.78 Å². The van der Waals surface area contributed by atoms with Crippen LogP contribution < -0.4 is 0 Å². The molecule has 0 aromatic heterocycles. The molecule has 0 radical (unpaired) electrons. The zero-order chi connectivity index (χ0) is 8.48. The monoisotopic (exact) mass is 156 g/mol. The van der Waals surface area contributed by atoms with Crippen LogP contribution in [-0.4, -0.2) is 17.5 Å². The SMILES string of the molecule is CC[C@@]1(C)C(=O)CC[C@@H]1CO. The molecule has 2 atom stereocenters. The van der Waals surface area contributed by atoms with E-state index < -0.39 is 0 Å². The van der Waals surface area contributed by atoms with Gasteiger partial charge in [0.2, 0.25) is 0 Å². The Morgan fingerprint density at radius 1 is 1.73 bits per heavy atom. The minimum atomic E-state index is -0.227. The Morgan fingerprint density at radius 2 is 2.36 bits per heavy atom. The summed E-state index contributed by atoms with van der Waals surface area (Å²) in [5.74, 6) is 0.541. The standard InChI is InChI=1S/C9H16O2/c1-3-9(2)7(6-10)4-5-8(9)11/h7,10H,3-6H2,1-2H3/t7-,9-/m1/s1. The molecule has 2 heteroatoms. The predicted octanol–water partition coefficient (Wildman–Crippen LogP) is 1.37. The third-order valence-corrected chi connectivity index (χ3v) is 3.21. The molecule has 1 saturated carbocycles. The average molecular weight is 156 g/mol. The lowest BCUT2D eigenvalue weighted by atomic mass is 9.77. The Kier molecular flexibility index (Phi) is 2.33. The van der Waals surface area contributed by atoms with E-state index in [2.05, 4.69) is 0 Å². The van der Waals surface area contributed by atoms with Crippen molar-refractivity contribution in [3.05, 3.63) is 0 Å². The van der Waals surface area contributed by atoms with Gasteiger partial charge in [-0.2, -0.15) is 0 Å². The number of aliphatic hydroxyl groups excluding tert-OH is 1. The van der Waals surface area contributed by atoms with Crippen LogP contribution in [0.2, 0.25) is 0 Å². The number of hydrogen-bond acceptors (Lipinski definition) is 2. The summed E-state index contributed by atoms with van der Waals surface area (Å²) in [5.41, 5.74) is -0.227. The van der Waals surface area contributed by atoms with Crippen LogP contribution in [0.5, 0.6) is 0 Å². The lowest BCUT2D eigenvalue weighted by Gasteiger charge is -2.26. The Balaban J connectivity index is 2.78. The molecule has 0 aliphatic heterocycles. The molecule has 0 aromatic carbocycles. The van der Waals surface area contributed by atoms with Crippen LogP contribution in [0.1, 0.15) is 33.1 Å². The van der Waals surface area contributed by atoms with E-state index in [0.29, 0.717) is 12.2 Å². The molecular weight excluding hydrogens is 140 g/mol. The molecule has 2 nitrogen and oxygen atoms in total. The molecular formula is C9H16O2. The van der Waals surface area contributed by atoms with Crippen molar-refractivity contribution in [1.29, 1.82) is 0 Å². The molecule has 0 heterocycles. The third-order valence-electron chi connectivity index (χ3n) is 3.21. The van der Waals surface area contributed by atoms with Gasteiger partial charge < -0.3 is 5.11 Å². The van der Waals surface area contributed by atoms with Crippen LogP contribution in [0, 0.1) is 11.3 Å². The van der Waals surface area contributed by atoms with E-state index in [1.165, 1.54) is 0 Å². The van der Waals surface area contributed by atoms with Crippen molar-refractivity contribution in [2.45, 2.75) is 33.1 Å². The van der Waals surface area contributed by atoms with Crippen molar-refractivity contribution < 1.29 is 9.90 Å². The van der Waals surface area contributed by atoms with Crippen molar-refractivity contribution in [1.82, 2.24) is 0 Å². The summed E-state index contributed by atoms with van der Waals surface area (Å²) in [6.07, 6.45) is 2.40. The first-order chi connectivity index (χ1) is 5.15. The Morgan fingerprint density at radius 3 is 2.73 bits per heavy atom. The second-order valence-electron chi connectivity index (χ2n) is 3.61. The van der Waals surface area contributed by atoms with Gasteiger partial charge in [0.25, 0.3) is 0 Å². The maximum Gasteiger partial charge on any atom is 0.139 e. The van der Waals surface area contributed by atoms with Crippen LogP contribution in [0.15, 0.2) is 0 Å². The highest BCUT2D eigenvalue weighted by Gasteiger charge is 2.43. The molecule has 0 saturated heterocycles. The van der Waals surface area contributed by atoms with Gasteiger partial charge in [-0.3, -0.25) is 4.79 Å². The molecule has 1 N–H and O–H groups in total. The second-order valence-corrected chi connectivity index (χ2v) is 3.61. The minimum Gasteiger partial charge on any atom is -0.396 e. The van der Waals surface area contributed by atoms with Crippen LogP contribution in [0.25, 0.3) is 0 Å². The maximum absolute atomic E-state index is 11.4.